The van der Waals surface area contributed by atoms with Crippen molar-refractivity contribution >= 4 is 16.9 Å². The van der Waals surface area contributed by atoms with Crippen LogP contribution in [0.2, 0.25) is 0 Å². The number of amides is 1. The Labute approximate surface area is 136 Å². The van der Waals surface area contributed by atoms with Gasteiger partial charge in [-0.2, -0.15) is 0 Å². The number of rotatable bonds is 2. The molecule has 1 fully saturated rings. The van der Waals surface area contributed by atoms with Crippen LogP contribution in [0.25, 0.3) is 11.0 Å². The Hall–Kier alpha value is -2.04. The largest absolute Gasteiger partial charge is 0.349 e. The van der Waals surface area contributed by atoms with Gasteiger partial charge in [0.1, 0.15) is 11.3 Å². The third-order valence-electron chi connectivity index (χ3n) is 4.14. The molecule has 0 aromatic carbocycles. The fourth-order valence-corrected chi connectivity index (χ4v) is 2.86. The second kappa shape index (κ2) is 7.99. The average molecular weight is 317 g/mol. The van der Waals surface area contributed by atoms with Crippen molar-refractivity contribution in [3.05, 3.63) is 35.9 Å². The van der Waals surface area contributed by atoms with Crippen molar-refractivity contribution in [1.82, 2.24) is 15.3 Å². The van der Waals surface area contributed by atoms with Crippen molar-refractivity contribution in [1.29, 1.82) is 0 Å². The summed E-state index contributed by atoms with van der Waals surface area (Å²) in [6.45, 7) is 6.24. The van der Waals surface area contributed by atoms with E-state index >= 15 is 0 Å². The zero-order valence-corrected chi connectivity index (χ0v) is 14.0. The lowest BCUT2D eigenvalue weighted by Crippen LogP contribution is -2.37. The van der Waals surface area contributed by atoms with Crippen molar-refractivity contribution in [3.63, 3.8) is 0 Å². The number of nitrogens with zero attached hydrogens (tertiary/aromatic N) is 2. The summed E-state index contributed by atoms with van der Waals surface area (Å²) >= 11 is 0. The van der Waals surface area contributed by atoms with Gasteiger partial charge in [0.2, 0.25) is 0 Å². The molecule has 3 rings (SSSR count). The summed E-state index contributed by atoms with van der Waals surface area (Å²) in [5.41, 5.74) is 1.30. The molecule has 0 unspecified atom stereocenters. The van der Waals surface area contributed by atoms with E-state index in [9.17, 15) is 9.18 Å². The van der Waals surface area contributed by atoms with Crippen LogP contribution in [0, 0.1) is 11.7 Å². The van der Waals surface area contributed by atoms with Crippen molar-refractivity contribution in [2.45, 2.75) is 52.5 Å². The first-order chi connectivity index (χ1) is 11.1. The van der Waals surface area contributed by atoms with Crippen LogP contribution in [0.15, 0.2) is 24.5 Å². The first-order valence-electron chi connectivity index (χ1n) is 8.34. The number of aromatic nitrogens is 2. The highest BCUT2D eigenvalue weighted by Gasteiger charge is 2.21. The summed E-state index contributed by atoms with van der Waals surface area (Å²) in [6.07, 6.45) is 6.94. The average Bonchev–Trinajstić information content (AvgIpc) is 2.58. The number of hydrogen-bond acceptors (Lipinski definition) is 3. The maximum absolute atomic E-state index is 13.2. The second-order valence-electron chi connectivity index (χ2n) is 5.81. The standard InChI is InChI=1S/C16H18FN3O.C2H6/c1-10-2-4-12(5-3-10)20-16(21)13-6-7-18-14-8-11(17)9-19-15(13)14;1-2/h6-10,12H,2-5H2,1H3,(H,20,21);1-2H3. The second-order valence-corrected chi connectivity index (χ2v) is 5.81. The van der Waals surface area contributed by atoms with Crippen molar-refractivity contribution < 1.29 is 9.18 Å². The van der Waals surface area contributed by atoms with Gasteiger partial charge in [0.25, 0.3) is 5.91 Å². The van der Waals surface area contributed by atoms with E-state index in [2.05, 4.69) is 22.2 Å². The van der Waals surface area contributed by atoms with E-state index in [1.54, 1.807) is 6.07 Å². The smallest absolute Gasteiger partial charge is 0.253 e. The van der Waals surface area contributed by atoms with Crippen LogP contribution in [-0.4, -0.2) is 21.9 Å². The molecule has 0 spiro atoms. The van der Waals surface area contributed by atoms with Crippen LogP contribution in [0.3, 0.4) is 0 Å². The fourth-order valence-electron chi connectivity index (χ4n) is 2.86. The molecule has 124 valence electrons. The Bertz CT molecular complexity index is 666. The number of pyridine rings is 2. The zero-order valence-electron chi connectivity index (χ0n) is 14.0. The minimum absolute atomic E-state index is 0.152. The van der Waals surface area contributed by atoms with Gasteiger partial charge in [0.05, 0.1) is 17.3 Å². The molecule has 2 heterocycles. The minimum Gasteiger partial charge on any atom is -0.349 e. The van der Waals surface area contributed by atoms with E-state index in [-0.39, 0.29) is 11.9 Å². The SMILES string of the molecule is CC.CC1CCC(NC(=O)c2ccnc3cc(F)cnc23)CC1. The summed E-state index contributed by atoms with van der Waals surface area (Å²) in [4.78, 5) is 20.5. The fraction of sp³-hybridized carbons (Fsp3) is 0.500. The quantitative estimate of drug-likeness (QED) is 0.907. The molecule has 1 aliphatic carbocycles. The van der Waals surface area contributed by atoms with Gasteiger partial charge in [-0.25, -0.2) is 4.39 Å². The van der Waals surface area contributed by atoms with Crippen LogP contribution < -0.4 is 5.32 Å². The van der Waals surface area contributed by atoms with Gasteiger partial charge >= 0.3 is 0 Å². The lowest BCUT2D eigenvalue weighted by atomic mass is 9.87. The molecular formula is C18H24FN3O. The Morgan fingerprint density at radius 2 is 1.91 bits per heavy atom. The molecule has 23 heavy (non-hydrogen) atoms. The first kappa shape index (κ1) is 17.3. The third-order valence-corrected chi connectivity index (χ3v) is 4.14. The molecule has 0 atom stereocenters. The predicted octanol–water partition coefficient (Wildman–Crippen LogP) is 4.10. The monoisotopic (exact) mass is 317 g/mol. The van der Waals surface area contributed by atoms with Crippen LogP contribution in [-0.2, 0) is 0 Å². The third kappa shape index (κ3) is 4.24. The molecule has 5 heteroatoms. The highest BCUT2D eigenvalue weighted by Crippen LogP contribution is 2.24. The van der Waals surface area contributed by atoms with Crippen molar-refractivity contribution in [2.75, 3.05) is 0 Å². The van der Waals surface area contributed by atoms with Gasteiger partial charge < -0.3 is 5.32 Å². The summed E-state index contributed by atoms with van der Waals surface area (Å²) in [5, 5.41) is 3.06. The highest BCUT2D eigenvalue weighted by atomic mass is 19.1. The van der Waals surface area contributed by atoms with Gasteiger partial charge in [0.15, 0.2) is 0 Å². The number of carbonyl (C=O) groups excluding carboxylic acids is 1. The number of halogens is 1. The molecule has 0 radical (unpaired) electrons. The first-order valence-corrected chi connectivity index (χ1v) is 8.34. The molecule has 2 aromatic heterocycles. The Kier molecular flexibility index (Phi) is 6.02. The summed E-state index contributed by atoms with van der Waals surface area (Å²) in [6, 6.07) is 3.15. The van der Waals surface area contributed by atoms with Gasteiger partial charge in [-0.3, -0.25) is 14.8 Å². The Balaban J connectivity index is 0.000000924. The molecule has 1 N–H and O–H groups in total. The van der Waals surface area contributed by atoms with Gasteiger partial charge in [0, 0.05) is 18.3 Å². The molecule has 1 saturated carbocycles. The summed E-state index contributed by atoms with van der Waals surface area (Å²) in [7, 11) is 0. The van der Waals surface area contributed by atoms with Gasteiger partial charge in [-0.1, -0.05) is 20.8 Å². The van der Waals surface area contributed by atoms with E-state index < -0.39 is 5.82 Å². The number of hydrogen-bond donors (Lipinski definition) is 1. The van der Waals surface area contributed by atoms with E-state index in [4.69, 9.17) is 0 Å². The highest BCUT2D eigenvalue weighted by molar-refractivity contribution is 6.04. The maximum Gasteiger partial charge on any atom is 0.253 e. The molecule has 2 aromatic rings. The van der Waals surface area contributed by atoms with E-state index in [0.717, 1.165) is 37.8 Å². The van der Waals surface area contributed by atoms with Crippen LogP contribution in [0.5, 0.6) is 0 Å². The lowest BCUT2D eigenvalue weighted by Gasteiger charge is -2.27. The van der Waals surface area contributed by atoms with E-state index in [1.807, 2.05) is 13.8 Å². The lowest BCUT2D eigenvalue weighted by molar-refractivity contribution is 0.0924. The van der Waals surface area contributed by atoms with Gasteiger partial charge in [-0.15, -0.1) is 0 Å². The molecule has 0 bridgehead atoms. The number of fused-ring (bicyclic) bond motifs is 1. The van der Waals surface area contributed by atoms with Crippen LogP contribution in [0.1, 0.15) is 56.8 Å². The molecule has 0 saturated heterocycles. The summed E-state index contributed by atoms with van der Waals surface area (Å²) in [5.74, 6) is 0.138. The normalized spacial score (nSPS) is 20.5. The van der Waals surface area contributed by atoms with E-state index in [1.165, 1.54) is 12.3 Å². The molecular weight excluding hydrogens is 293 g/mol. The van der Waals surface area contributed by atoms with E-state index in [0.29, 0.717) is 16.6 Å². The summed E-state index contributed by atoms with van der Waals surface area (Å²) < 4.78 is 13.2. The topological polar surface area (TPSA) is 54.9 Å². The molecule has 1 amide bonds. The van der Waals surface area contributed by atoms with Crippen molar-refractivity contribution in [3.8, 4) is 0 Å². The Morgan fingerprint density at radius 3 is 2.61 bits per heavy atom. The molecule has 4 nitrogen and oxygen atoms in total. The predicted molar refractivity (Wildman–Crippen MR) is 89.7 cm³/mol. The zero-order chi connectivity index (χ0) is 16.8. The minimum atomic E-state index is -0.450. The molecule has 1 aliphatic rings. The maximum atomic E-state index is 13.2. The molecule has 0 aliphatic heterocycles. The van der Waals surface area contributed by atoms with Gasteiger partial charge in [-0.05, 0) is 37.7 Å². The number of carbonyl (C=O) groups is 1. The Morgan fingerprint density at radius 1 is 1.22 bits per heavy atom. The number of nitrogens with one attached hydrogen (secondary N) is 1. The van der Waals surface area contributed by atoms with Crippen LogP contribution >= 0.6 is 0 Å². The van der Waals surface area contributed by atoms with Crippen molar-refractivity contribution in [2.24, 2.45) is 5.92 Å². The van der Waals surface area contributed by atoms with Crippen LogP contribution in [0.4, 0.5) is 4.39 Å².